The fourth-order valence-electron chi connectivity index (χ4n) is 1.06. The van der Waals surface area contributed by atoms with E-state index < -0.39 is 0 Å². The highest BCUT2D eigenvalue weighted by Crippen LogP contribution is 2.18. The van der Waals surface area contributed by atoms with Crippen molar-refractivity contribution in [1.82, 2.24) is 9.97 Å². The summed E-state index contributed by atoms with van der Waals surface area (Å²) in [5.41, 5.74) is 0.462. The molecule has 2 heterocycles. The second kappa shape index (κ2) is 4.20. The SMILES string of the molecule is N#Cc1cncc(Oc2ccccn2)c1. The topological polar surface area (TPSA) is 58.8 Å². The minimum atomic E-state index is 0.462. The maximum atomic E-state index is 8.67. The summed E-state index contributed by atoms with van der Waals surface area (Å²) in [6.07, 6.45) is 4.65. The van der Waals surface area contributed by atoms with Crippen LogP contribution in [0.3, 0.4) is 0 Å². The molecule has 15 heavy (non-hydrogen) atoms. The Kier molecular flexibility index (Phi) is 2.56. The maximum absolute atomic E-state index is 8.67. The molecular formula is C11H7N3O. The van der Waals surface area contributed by atoms with Crippen molar-refractivity contribution in [2.75, 3.05) is 0 Å². The van der Waals surface area contributed by atoms with Crippen LogP contribution in [0.1, 0.15) is 5.56 Å². The largest absolute Gasteiger partial charge is 0.437 e. The molecule has 0 bridgehead atoms. The highest BCUT2D eigenvalue weighted by molar-refractivity contribution is 5.34. The molecule has 0 N–H and O–H groups in total. The van der Waals surface area contributed by atoms with Crippen molar-refractivity contribution in [3.63, 3.8) is 0 Å². The zero-order valence-corrected chi connectivity index (χ0v) is 7.79. The Labute approximate surface area is 86.8 Å². The number of rotatable bonds is 2. The van der Waals surface area contributed by atoms with Crippen LogP contribution in [-0.4, -0.2) is 9.97 Å². The molecule has 0 aliphatic carbocycles. The van der Waals surface area contributed by atoms with Gasteiger partial charge in [0, 0.05) is 24.5 Å². The Morgan fingerprint density at radius 2 is 2.20 bits per heavy atom. The van der Waals surface area contributed by atoms with E-state index in [1.54, 1.807) is 24.4 Å². The molecule has 0 atom stereocenters. The lowest BCUT2D eigenvalue weighted by Crippen LogP contribution is -1.88. The number of pyridine rings is 2. The van der Waals surface area contributed by atoms with Crippen LogP contribution in [0.15, 0.2) is 42.9 Å². The molecule has 0 aromatic carbocycles. The van der Waals surface area contributed by atoms with Crippen LogP contribution >= 0.6 is 0 Å². The van der Waals surface area contributed by atoms with E-state index in [1.165, 1.54) is 12.4 Å². The molecule has 4 nitrogen and oxygen atoms in total. The van der Waals surface area contributed by atoms with Crippen molar-refractivity contribution in [3.05, 3.63) is 48.4 Å². The van der Waals surface area contributed by atoms with Crippen LogP contribution in [0.5, 0.6) is 11.6 Å². The lowest BCUT2D eigenvalue weighted by molar-refractivity contribution is 0.460. The van der Waals surface area contributed by atoms with E-state index in [9.17, 15) is 0 Å². The summed E-state index contributed by atoms with van der Waals surface area (Å²) in [5, 5.41) is 8.67. The molecule has 0 fully saturated rings. The van der Waals surface area contributed by atoms with Crippen molar-refractivity contribution in [2.45, 2.75) is 0 Å². The molecule has 0 aliphatic heterocycles. The van der Waals surface area contributed by atoms with Crippen molar-refractivity contribution in [1.29, 1.82) is 5.26 Å². The van der Waals surface area contributed by atoms with E-state index in [1.807, 2.05) is 12.1 Å². The average Bonchev–Trinajstić information content (AvgIpc) is 2.31. The zero-order valence-electron chi connectivity index (χ0n) is 7.79. The van der Waals surface area contributed by atoms with Gasteiger partial charge >= 0.3 is 0 Å². The van der Waals surface area contributed by atoms with E-state index in [4.69, 9.17) is 10.00 Å². The van der Waals surface area contributed by atoms with Gasteiger partial charge in [-0.3, -0.25) is 4.98 Å². The normalized spacial score (nSPS) is 9.27. The molecule has 0 amide bonds. The molecule has 2 rings (SSSR count). The lowest BCUT2D eigenvalue weighted by Gasteiger charge is -2.02. The predicted molar refractivity (Wildman–Crippen MR) is 53.3 cm³/mol. The van der Waals surface area contributed by atoms with Gasteiger partial charge in [-0.25, -0.2) is 4.98 Å². The van der Waals surface area contributed by atoms with Gasteiger partial charge in [0.15, 0.2) is 0 Å². The standard InChI is InChI=1S/C11H7N3O/c12-6-9-5-10(8-13-7-9)15-11-3-1-2-4-14-11/h1-5,7-8H. The van der Waals surface area contributed by atoms with Crippen LogP contribution < -0.4 is 4.74 Å². The van der Waals surface area contributed by atoms with Gasteiger partial charge in [0.25, 0.3) is 0 Å². The molecule has 0 saturated carbocycles. The van der Waals surface area contributed by atoms with E-state index >= 15 is 0 Å². The summed E-state index contributed by atoms with van der Waals surface area (Å²) in [6, 6.07) is 8.96. The molecule has 0 saturated heterocycles. The van der Waals surface area contributed by atoms with Gasteiger partial charge in [-0.2, -0.15) is 5.26 Å². The summed E-state index contributed by atoms with van der Waals surface area (Å²) >= 11 is 0. The Balaban J connectivity index is 2.22. The molecule has 0 aliphatic rings. The minimum absolute atomic E-state index is 0.462. The van der Waals surface area contributed by atoms with Gasteiger partial charge < -0.3 is 4.74 Å². The molecule has 0 spiro atoms. The van der Waals surface area contributed by atoms with E-state index in [-0.39, 0.29) is 0 Å². The van der Waals surface area contributed by atoms with Crippen LogP contribution in [0.4, 0.5) is 0 Å². The fourth-order valence-corrected chi connectivity index (χ4v) is 1.06. The predicted octanol–water partition coefficient (Wildman–Crippen LogP) is 2.14. The Hall–Kier alpha value is -2.41. The zero-order chi connectivity index (χ0) is 10.5. The number of nitrogens with zero attached hydrogens (tertiary/aromatic N) is 3. The molecule has 2 aromatic heterocycles. The van der Waals surface area contributed by atoms with E-state index in [2.05, 4.69) is 9.97 Å². The van der Waals surface area contributed by atoms with E-state index in [0.717, 1.165) is 0 Å². The molecule has 2 aromatic rings. The molecular weight excluding hydrogens is 190 g/mol. The number of aromatic nitrogens is 2. The van der Waals surface area contributed by atoms with Crippen LogP contribution in [0.25, 0.3) is 0 Å². The summed E-state index contributed by atoms with van der Waals surface area (Å²) < 4.78 is 5.40. The number of ether oxygens (including phenoxy) is 1. The van der Waals surface area contributed by atoms with Gasteiger partial charge in [0.1, 0.15) is 11.8 Å². The number of hydrogen-bond acceptors (Lipinski definition) is 4. The van der Waals surface area contributed by atoms with E-state index in [0.29, 0.717) is 17.2 Å². The number of nitriles is 1. The number of hydrogen-bond donors (Lipinski definition) is 0. The fraction of sp³-hybridized carbons (Fsp3) is 0. The quantitative estimate of drug-likeness (QED) is 0.740. The third-order valence-electron chi connectivity index (χ3n) is 1.70. The summed E-state index contributed by atoms with van der Waals surface area (Å²) in [7, 11) is 0. The monoisotopic (exact) mass is 197 g/mol. The first-order valence-electron chi connectivity index (χ1n) is 4.32. The summed E-state index contributed by atoms with van der Waals surface area (Å²) in [6.45, 7) is 0. The van der Waals surface area contributed by atoms with Gasteiger partial charge in [-0.15, -0.1) is 0 Å². The lowest BCUT2D eigenvalue weighted by atomic mass is 10.3. The highest BCUT2D eigenvalue weighted by Gasteiger charge is 1.99. The molecule has 0 unspecified atom stereocenters. The summed E-state index contributed by atoms with van der Waals surface area (Å²) in [5.74, 6) is 0.988. The van der Waals surface area contributed by atoms with Crippen molar-refractivity contribution < 1.29 is 4.74 Å². The Bertz CT molecular complexity index is 491. The molecule has 72 valence electrons. The van der Waals surface area contributed by atoms with Crippen molar-refractivity contribution in [3.8, 4) is 17.7 Å². The maximum Gasteiger partial charge on any atom is 0.219 e. The Morgan fingerprint density at radius 1 is 1.27 bits per heavy atom. The Morgan fingerprint density at radius 3 is 2.93 bits per heavy atom. The first kappa shape index (κ1) is 9.16. The van der Waals surface area contributed by atoms with Crippen molar-refractivity contribution >= 4 is 0 Å². The van der Waals surface area contributed by atoms with Crippen LogP contribution in [-0.2, 0) is 0 Å². The van der Waals surface area contributed by atoms with Gasteiger partial charge in [0.05, 0.1) is 11.8 Å². The second-order valence-electron chi connectivity index (χ2n) is 2.79. The average molecular weight is 197 g/mol. The van der Waals surface area contributed by atoms with Crippen LogP contribution in [0.2, 0.25) is 0 Å². The minimum Gasteiger partial charge on any atom is -0.437 e. The molecule has 4 heteroatoms. The van der Waals surface area contributed by atoms with Crippen molar-refractivity contribution in [2.24, 2.45) is 0 Å². The third-order valence-corrected chi connectivity index (χ3v) is 1.70. The smallest absolute Gasteiger partial charge is 0.219 e. The first-order valence-corrected chi connectivity index (χ1v) is 4.32. The third kappa shape index (κ3) is 2.29. The highest BCUT2D eigenvalue weighted by atomic mass is 16.5. The summed E-state index contributed by atoms with van der Waals surface area (Å²) in [4.78, 5) is 7.87. The van der Waals surface area contributed by atoms with Crippen LogP contribution in [0, 0.1) is 11.3 Å². The molecule has 0 radical (unpaired) electrons. The van der Waals surface area contributed by atoms with Gasteiger partial charge in [0.2, 0.25) is 5.88 Å². The first-order chi connectivity index (χ1) is 7.38. The van der Waals surface area contributed by atoms with Gasteiger partial charge in [-0.1, -0.05) is 6.07 Å². The second-order valence-corrected chi connectivity index (χ2v) is 2.79. The van der Waals surface area contributed by atoms with Gasteiger partial charge in [-0.05, 0) is 6.07 Å².